The van der Waals surface area contributed by atoms with Gasteiger partial charge in [-0.1, -0.05) is 20.8 Å². The van der Waals surface area contributed by atoms with Crippen molar-refractivity contribution in [2.75, 3.05) is 31.7 Å². The van der Waals surface area contributed by atoms with E-state index in [0.717, 1.165) is 16.2 Å². The van der Waals surface area contributed by atoms with Crippen molar-refractivity contribution in [1.82, 2.24) is 9.97 Å². The summed E-state index contributed by atoms with van der Waals surface area (Å²) in [5, 5.41) is 3.28. The maximum atomic E-state index is 5.58. The molecule has 1 N–H and O–H groups in total. The lowest BCUT2D eigenvalue weighted by Gasteiger charge is -2.24. The number of ether oxygens (including phenoxy) is 2. The molecule has 0 amide bonds. The Morgan fingerprint density at radius 2 is 2.16 bits per heavy atom. The molecule has 1 fully saturated rings. The third-order valence-corrected chi connectivity index (χ3v) is 3.17. The van der Waals surface area contributed by atoms with Crippen molar-refractivity contribution in [2.45, 2.75) is 32.3 Å². The molecule has 2 rings (SSSR count). The highest BCUT2D eigenvalue weighted by molar-refractivity contribution is 9.10. The number of nitrogens with zero attached hydrogens (tertiary/aromatic N) is 2. The van der Waals surface area contributed by atoms with E-state index in [4.69, 9.17) is 9.47 Å². The number of aromatic nitrogens is 2. The molecule has 0 radical (unpaired) electrons. The predicted molar refractivity (Wildman–Crippen MR) is 77.5 cm³/mol. The number of halogens is 1. The van der Waals surface area contributed by atoms with Crippen LogP contribution in [0, 0.1) is 0 Å². The molecule has 0 spiro atoms. The second-order valence-corrected chi connectivity index (χ2v) is 6.41. The van der Waals surface area contributed by atoms with Crippen LogP contribution in [0.3, 0.4) is 0 Å². The monoisotopic (exact) mass is 329 g/mol. The second-order valence-electron chi connectivity index (χ2n) is 5.60. The van der Waals surface area contributed by atoms with E-state index in [1.165, 1.54) is 0 Å². The fourth-order valence-electron chi connectivity index (χ4n) is 1.72. The smallest absolute Gasteiger partial charge is 0.137 e. The van der Waals surface area contributed by atoms with E-state index < -0.39 is 0 Å². The molecule has 0 bridgehead atoms. The summed E-state index contributed by atoms with van der Waals surface area (Å²) in [7, 11) is 0. The van der Waals surface area contributed by atoms with Crippen molar-refractivity contribution in [1.29, 1.82) is 0 Å². The molecular weight excluding hydrogens is 310 g/mol. The molecule has 0 aromatic carbocycles. The predicted octanol–water partition coefficient (Wildman–Crippen LogP) is 2.36. The molecule has 1 saturated heterocycles. The summed E-state index contributed by atoms with van der Waals surface area (Å²) >= 11 is 3.42. The Morgan fingerprint density at radius 3 is 2.79 bits per heavy atom. The van der Waals surface area contributed by atoms with Crippen molar-refractivity contribution in [3.05, 3.63) is 16.5 Å². The van der Waals surface area contributed by atoms with E-state index in [0.29, 0.717) is 26.4 Å². The van der Waals surface area contributed by atoms with Gasteiger partial charge in [-0.3, -0.25) is 0 Å². The molecule has 1 atom stereocenters. The van der Waals surface area contributed by atoms with E-state index in [1.54, 1.807) is 0 Å². The average Bonchev–Trinajstić information content (AvgIpc) is 2.36. The summed E-state index contributed by atoms with van der Waals surface area (Å²) in [6.45, 7) is 8.94. The SMILES string of the molecule is CC(C)(C)c1nc(Br)cc(NCC2COCCO2)n1. The first kappa shape index (κ1) is 14.7. The van der Waals surface area contributed by atoms with E-state index in [-0.39, 0.29) is 11.5 Å². The van der Waals surface area contributed by atoms with Crippen LogP contribution in [0.1, 0.15) is 26.6 Å². The van der Waals surface area contributed by atoms with Crippen LogP contribution in [-0.2, 0) is 14.9 Å². The van der Waals surface area contributed by atoms with E-state index in [2.05, 4.69) is 52.0 Å². The highest BCUT2D eigenvalue weighted by atomic mass is 79.9. The van der Waals surface area contributed by atoms with Gasteiger partial charge in [0.2, 0.25) is 0 Å². The standard InChI is InChI=1S/C13H20BrN3O2/c1-13(2,3)12-16-10(14)6-11(17-12)15-7-9-8-18-4-5-19-9/h6,9H,4-5,7-8H2,1-3H3,(H,15,16,17). The Labute approximate surface area is 122 Å². The molecule has 1 aromatic rings. The maximum Gasteiger partial charge on any atom is 0.137 e. The molecule has 0 saturated carbocycles. The first-order valence-electron chi connectivity index (χ1n) is 6.43. The minimum atomic E-state index is -0.0787. The molecule has 5 nitrogen and oxygen atoms in total. The Morgan fingerprint density at radius 1 is 1.37 bits per heavy atom. The number of hydrogen-bond donors (Lipinski definition) is 1. The van der Waals surface area contributed by atoms with Gasteiger partial charge in [0.05, 0.1) is 25.9 Å². The second kappa shape index (κ2) is 6.15. The number of rotatable bonds is 3. The molecule has 0 aliphatic carbocycles. The van der Waals surface area contributed by atoms with Crippen molar-refractivity contribution in [3.63, 3.8) is 0 Å². The van der Waals surface area contributed by atoms with Gasteiger partial charge in [0.25, 0.3) is 0 Å². The van der Waals surface area contributed by atoms with Gasteiger partial charge >= 0.3 is 0 Å². The molecule has 1 unspecified atom stereocenters. The van der Waals surface area contributed by atoms with Crippen LogP contribution in [0.4, 0.5) is 5.82 Å². The Balaban J connectivity index is 2.01. The third-order valence-electron chi connectivity index (χ3n) is 2.76. The summed E-state index contributed by atoms with van der Waals surface area (Å²) in [5.74, 6) is 1.62. The largest absolute Gasteiger partial charge is 0.376 e. The van der Waals surface area contributed by atoms with Gasteiger partial charge in [-0.15, -0.1) is 0 Å². The first-order chi connectivity index (χ1) is 8.95. The number of anilines is 1. The molecule has 106 valence electrons. The minimum Gasteiger partial charge on any atom is -0.376 e. The molecule has 19 heavy (non-hydrogen) atoms. The maximum absolute atomic E-state index is 5.58. The molecule has 2 heterocycles. The molecule has 1 aromatic heterocycles. The molecule has 1 aliphatic heterocycles. The summed E-state index contributed by atoms with van der Waals surface area (Å²) < 4.78 is 11.7. The zero-order valence-electron chi connectivity index (χ0n) is 11.6. The zero-order chi connectivity index (χ0) is 13.9. The Hall–Kier alpha value is -0.720. The highest BCUT2D eigenvalue weighted by Crippen LogP contribution is 2.22. The fraction of sp³-hybridized carbons (Fsp3) is 0.692. The lowest BCUT2D eigenvalue weighted by atomic mass is 9.96. The quantitative estimate of drug-likeness (QED) is 0.863. The van der Waals surface area contributed by atoms with Crippen LogP contribution in [0.5, 0.6) is 0 Å². The topological polar surface area (TPSA) is 56.3 Å². The summed E-state index contributed by atoms with van der Waals surface area (Å²) in [6, 6.07) is 1.87. The average molecular weight is 330 g/mol. The van der Waals surface area contributed by atoms with Gasteiger partial charge < -0.3 is 14.8 Å². The number of hydrogen-bond acceptors (Lipinski definition) is 5. The zero-order valence-corrected chi connectivity index (χ0v) is 13.2. The lowest BCUT2D eigenvalue weighted by Crippen LogP contribution is -2.34. The highest BCUT2D eigenvalue weighted by Gasteiger charge is 2.19. The minimum absolute atomic E-state index is 0.0787. The summed E-state index contributed by atoms with van der Waals surface area (Å²) in [5.41, 5.74) is -0.0787. The van der Waals surface area contributed by atoms with Gasteiger partial charge in [0.15, 0.2) is 0 Å². The fourth-order valence-corrected chi connectivity index (χ4v) is 2.10. The lowest BCUT2D eigenvalue weighted by molar-refractivity contribution is -0.0819. The van der Waals surface area contributed by atoms with Crippen LogP contribution in [0.25, 0.3) is 0 Å². The first-order valence-corrected chi connectivity index (χ1v) is 7.23. The van der Waals surface area contributed by atoms with Crippen molar-refractivity contribution in [2.24, 2.45) is 0 Å². The van der Waals surface area contributed by atoms with E-state index in [1.807, 2.05) is 6.07 Å². The third kappa shape index (κ3) is 4.40. The van der Waals surface area contributed by atoms with Crippen LogP contribution >= 0.6 is 15.9 Å². The van der Waals surface area contributed by atoms with Gasteiger partial charge in [-0.2, -0.15) is 0 Å². The Bertz CT molecular complexity index is 428. The number of nitrogens with one attached hydrogen (secondary N) is 1. The van der Waals surface area contributed by atoms with Crippen LogP contribution in [0.15, 0.2) is 10.7 Å². The van der Waals surface area contributed by atoms with Crippen LogP contribution in [-0.4, -0.2) is 42.4 Å². The molecular formula is C13H20BrN3O2. The van der Waals surface area contributed by atoms with Crippen molar-refractivity contribution in [3.8, 4) is 0 Å². The van der Waals surface area contributed by atoms with E-state index >= 15 is 0 Å². The van der Waals surface area contributed by atoms with Gasteiger partial charge in [0, 0.05) is 18.0 Å². The van der Waals surface area contributed by atoms with E-state index in [9.17, 15) is 0 Å². The molecule has 6 heteroatoms. The van der Waals surface area contributed by atoms with Gasteiger partial charge in [0.1, 0.15) is 16.2 Å². The van der Waals surface area contributed by atoms with Gasteiger partial charge in [-0.25, -0.2) is 9.97 Å². The van der Waals surface area contributed by atoms with Crippen LogP contribution < -0.4 is 5.32 Å². The molecule has 1 aliphatic rings. The van der Waals surface area contributed by atoms with Crippen molar-refractivity contribution >= 4 is 21.7 Å². The normalized spacial score (nSPS) is 20.3. The Kier molecular flexibility index (Phi) is 4.76. The van der Waals surface area contributed by atoms with Crippen LogP contribution in [0.2, 0.25) is 0 Å². The van der Waals surface area contributed by atoms with Gasteiger partial charge in [-0.05, 0) is 15.9 Å². The summed E-state index contributed by atoms with van der Waals surface area (Å²) in [4.78, 5) is 8.95. The summed E-state index contributed by atoms with van der Waals surface area (Å²) in [6.07, 6.45) is 0.0839. The van der Waals surface area contributed by atoms with Crippen molar-refractivity contribution < 1.29 is 9.47 Å².